The van der Waals surface area contributed by atoms with Gasteiger partial charge in [0.1, 0.15) is 0 Å². The molecule has 2 aliphatic rings. The number of amides is 1. The van der Waals surface area contributed by atoms with Gasteiger partial charge in [0.15, 0.2) is 0 Å². The smallest absolute Gasteiger partial charge is 0.255 e. The number of carbonyl (C=O) groups excluding carboxylic acids is 1. The van der Waals surface area contributed by atoms with Crippen LogP contribution in [0.1, 0.15) is 57.7 Å². The number of benzene rings is 1. The van der Waals surface area contributed by atoms with E-state index in [0.717, 1.165) is 59.4 Å². The van der Waals surface area contributed by atoms with Gasteiger partial charge in [-0.15, -0.1) is 0 Å². The first kappa shape index (κ1) is 25.7. The summed E-state index contributed by atoms with van der Waals surface area (Å²) in [6, 6.07) is 11.6. The fourth-order valence-electron chi connectivity index (χ4n) is 5.94. The highest BCUT2D eigenvalue weighted by Crippen LogP contribution is 2.42. The number of rotatable bonds is 5. The molecule has 0 N–H and O–H groups in total. The lowest BCUT2D eigenvalue weighted by Gasteiger charge is -2.38. The average Bonchev–Trinajstić information content (AvgIpc) is 3.42. The van der Waals surface area contributed by atoms with E-state index in [-0.39, 0.29) is 11.3 Å². The van der Waals surface area contributed by atoms with E-state index in [1.54, 1.807) is 22.8 Å². The molecule has 2 aliphatic heterocycles. The molecular weight excluding hydrogens is 484 g/mol. The summed E-state index contributed by atoms with van der Waals surface area (Å²) in [7, 11) is -3.52. The van der Waals surface area contributed by atoms with Gasteiger partial charge in [-0.3, -0.25) is 9.78 Å². The lowest BCUT2D eigenvalue weighted by atomic mass is 9.78. The molecule has 1 aromatic carbocycles. The molecule has 2 fully saturated rings. The highest BCUT2D eigenvalue weighted by Gasteiger charge is 2.44. The normalized spacial score (nSPS) is 18.0. The van der Waals surface area contributed by atoms with Gasteiger partial charge in [0, 0.05) is 56.5 Å². The Morgan fingerprint density at radius 1 is 0.946 bits per heavy atom. The maximum atomic E-state index is 13.6. The summed E-state index contributed by atoms with van der Waals surface area (Å²) >= 11 is 0. The average molecular weight is 521 g/mol. The molecule has 196 valence electrons. The fourth-order valence-corrected chi connectivity index (χ4v) is 7.70. The molecule has 3 aromatic rings. The number of hydrogen-bond donors (Lipinski definition) is 0. The van der Waals surface area contributed by atoms with Crippen molar-refractivity contribution in [2.45, 2.75) is 58.4 Å². The molecule has 7 nitrogen and oxygen atoms in total. The van der Waals surface area contributed by atoms with Crippen LogP contribution < -0.4 is 0 Å². The van der Waals surface area contributed by atoms with Crippen LogP contribution in [0.25, 0.3) is 0 Å². The Bertz CT molecular complexity index is 1420. The molecule has 37 heavy (non-hydrogen) atoms. The molecule has 8 heteroatoms. The monoisotopic (exact) mass is 520 g/mol. The summed E-state index contributed by atoms with van der Waals surface area (Å²) < 4.78 is 30.6. The Balaban J connectivity index is 1.26. The second-order valence-corrected chi connectivity index (χ2v) is 12.8. The van der Waals surface area contributed by atoms with Gasteiger partial charge in [0.2, 0.25) is 10.0 Å². The topological polar surface area (TPSA) is 75.5 Å². The molecular formula is C29H36N4O3S. The van der Waals surface area contributed by atoms with Gasteiger partial charge >= 0.3 is 0 Å². The minimum absolute atomic E-state index is 0.00805. The number of sulfonamides is 1. The van der Waals surface area contributed by atoms with E-state index in [1.807, 2.05) is 62.9 Å². The molecule has 0 atom stereocenters. The van der Waals surface area contributed by atoms with Crippen molar-refractivity contribution in [1.29, 1.82) is 0 Å². The van der Waals surface area contributed by atoms with E-state index in [9.17, 15) is 13.2 Å². The Morgan fingerprint density at radius 2 is 1.62 bits per heavy atom. The van der Waals surface area contributed by atoms with Crippen molar-refractivity contribution in [2.24, 2.45) is 5.41 Å². The summed E-state index contributed by atoms with van der Waals surface area (Å²) in [6.45, 7) is 11.0. The van der Waals surface area contributed by atoms with Crippen molar-refractivity contribution < 1.29 is 13.2 Å². The van der Waals surface area contributed by atoms with Crippen LogP contribution in [-0.4, -0.2) is 59.3 Å². The molecule has 1 spiro atoms. The number of aromatic nitrogens is 2. The number of aryl methyl sites for hydroxylation is 3. The van der Waals surface area contributed by atoms with Crippen molar-refractivity contribution in [3.05, 3.63) is 82.4 Å². The van der Waals surface area contributed by atoms with E-state index in [0.29, 0.717) is 31.1 Å². The Labute approximate surface area is 220 Å². The lowest BCUT2D eigenvalue weighted by Crippen LogP contribution is -2.44. The second-order valence-electron chi connectivity index (χ2n) is 10.9. The van der Waals surface area contributed by atoms with E-state index in [2.05, 4.69) is 9.55 Å². The summed E-state index contributed by atoms with van der Waals surface area (Å²) in [5, 5.41) is 0. The molecule has 0 bridgehead atoms. The quantitative estimate of drug-likeness (QED) is 0.497. The zero-order valence-corrected chi connectivity index (χ0v) is 23.0. The highest BCUT2D eigenvalue weighted by molar-refractivity contribution is 7.89. The predicted molar refractivity (Wildman–Crippen MR) is 144 cm³/mol. The number of pyridine rings is 1. The van der Waals surface area contributed by atoms with Crippen molar-refractivity contribution >= 4 is 15.9 Å². The third-order valence-electron chi connectivity index (χ3n) is 8.36. The molecule has 4 heterocycles. The largest absolute Gasteiger partial charge is 0.344 e. The standard InChI is InChI=1S/C29H36N4O3S/c1-21-5-6-22(2)27(17-21)37(35,36)32-15-10-29(11-16-32)9-14-31(20-29)28(34)26-18-23(3)33(24(26)4)19-25-7-12-30-13-8-25/h5-8,12-13,17-18H,9-11,14-16,19-20H2,1-4H3. The van der Waals surface area contributed by atoms with E-state index < -0.39 is 10.0 Å². The molecule has 0 radical (unpaired) electrons. The summed E-state index contributed by atoms with van der Waals surface area (Å²) in [5.74, 6) is 0.0800. The van der Waals surface area contributed by atoms with Crippen LogP contribution in [0, 0.1) is 33.1 Å². The first-order chi connectivity index (χ1) is 17.6. The van der Waals surface area contributed by atoms with Gasteiger partial charge < -0.3 is 9.47 Å². The van der Waals surface area contributed by atoms with Crippen molar-refractivity contribution in [1.82, 2.24) is 18.8 Å². The molecule has 2 saturated heterocycles. The van der Waals surface area contributed by atoms with E-state index in [4.69, 9.17) is 0 Å². The van der Waals surface area contributed by atoms with Gasteiger partial charge in [-0.1, -0.05) is 12.1 Å². The summed E-state index contributed by atoms with van der Waals surface area (Å²) in [5.41, 5.74) is 5.68. The number of likely N-dealkylation sites (tertiary alicyclic amines) is 1. The SMILES string of the molecule is Cc1ccc(C)c(S(=O)(=O)N2CCC3(CCN(C(=O)c4cc(C)n(Cc5ccncc5)c4C)C3)CC2)c1. The van der Waals surface area contributed by atoms with Crippen molar-refractivity contribution in [3.63, 3.8) is 0 Å². The number of carbonyl (C=O) groups is 1. The number of piperidine rings is 1. The molecule has 1 amide bonds. The summed E-state index contributed by atoms with van der Waals surface area (Å²) in [6.07, 6.45) is 6.06. The second kappa shape index (κ2) is 9.72. The number of nitrogens with zero attached hydrogens (tertiary/aromatic N) is 4. The zero-order chi connectivity index (χ0) is 26.4. The van der Waals surface area contributed by atoms with Crippen molar-refractivity contribution in [2.75, 3.05) is 26.2 Å². The zero-order valence-electron chi connectivity index (χ0n) is 22.2. The van der Waals surface area contributed by atoms with Gasteiger partial charge in [-0.25, -0.2) is 8.42 Å². The molecule has 5 rings (SSSR count). The van der Waals surface area contributed by atoms with Crippen LogP contribution in [0.3, 0.4) is 0 Å². The Morgan fingerprint density at radius 3 is 2.32 bits per heavy atom. The van der Waals surface area contributed by atoms with Crippen LogP contribution in [-0.2, 0) is 16.6 Å². The van der Waals surface area contributed by atoms with E-state index >= 15 is 0 Å². The predicted octanol–water partition coefficient (Wildman–Crippen LogP) is 4.48. The van der Waals surface area contributed by atoms with Gasteiger partial charge in [0.05, 0.1) is 10.5 Å². The first-order valence-corrected chi connectivity index (χ1v) is 14.5. The van der Waals surface area contributed by atoms with Crippen LogP contribution in [0.4, 0.5) is 0 Å². The van der Waals surface area contributed by atoms with Crippen LogP contribution >= 0.6 is 0 Å². The molecule has 0 saturated carbocycles. The highest BCUT2D eigenvalue weighted by atomic mass is 32.2. The van der Waals surface area contributed by atoms with E-state index in [1.165, 1.54) is 0 Å². The third-order valence-corrected chi connectivity index (χ3v) is 10.4. The van der Waals surface area contributed by atoms with Crippen LogP contribution in [0.5, 0.6) is 0 Å². The molecule has 0 unspecified atom stereocenters. The number of hydrogen-bond acceptors (Lipinski definition) is 4. The molecule has 2 aromatic heterocycles. The first-order valence-electron chi connectivity index (χ1n) is 13.0. The minimum Gasteiger partial charge on any atom is -0.344 e. The lowest BCUT2D eigenvalue weighted by molar-refractivity contribution is 0.0749. The van der Waals surface area contributed by atoms with Gasteiger partial charge in [0.25, 0.3) is 5.91 Å². The minimum atomic E-state index is -3.52. The maximum absolute atomic E-state index is 13.6. The maximum Gasteiger partial charge on any atom is 0.255 e. The van der Waals surface area contributed by atoms with Crippen LogP contribution in [0.15, 0.2) is 53.7 Å². The van der Waals surface area contributed by atoms with Crippen LogP contribution in [0.2, 0.25) is 0 Å². The van der Waals surface area contributed by atoms with Gasteiger partial charge in [-0.2, -0.15) is 4.31 Å². The Hall–Kier alpha value is -2.97. The van der Waals surface area contributed by atoms with Crippen molar-refractivity contribution in [3.8, 4) is 0 Å². The third kappa shape index (κ3) is 4.84. The fraction of sp³-hybridized carbons (Fsp3) is 0.448. The van der Waals surface area contributed by atoms with Gasteiger partial charge in [-0.05, 0) is 93.3 Å². The Kier molecular flexibility index (Phi) is 6.75. The summed E-state index contributed by atoms with van der Waals surface area (Å²) in [4.78, 5) is 20.1. The molecule has 0 aliphatic carbocycles.